The second-order valence-corrected chi connectivity index (χ2v) is 5.38. The van der Waals surface area contributed by atoms with Crippen molar-refractivity contribution in [1.29, 1.82) is 0 Å². The van der Waals surface area contributed by atoms with Crippen molar-refractivity contribution in [3.8, 4) is 0 Å². The molecule has 1 aromatic carbocycles. The second-order valence-electron chi connectivity index (χ2n) is 4.17. The number of esters is 1. The summed E-state index contributed by atoms with van der Waals surface area (Å²) >= 11 is 7.22. The van der Waals surface area contributed by atoms with Gasteiger partial charge in [0.25, 0.3) is 0 Å². The quantitative estimate of drug-likeness (QED) is 0.460. The standard InChI is InChI=1S/C14H15ClN4O2S/c1-3-21-12(20)9-19-13(17-14(18-19)22-2)16-8-10-4-6-11(15)7-5-10/h4-8H,3,9H2,1-2H3/b16-8+. The summed E-state index contributed by atoms with van der Waals surface area (Å²) in [6.45, 7) is 2.06. The van der Waals surface area contributed by atoms with Crippen LogP contribution in [0, 0.1) is 0 Å². The summed E-state index contributed by atoms with van der Waals surface area (Å²) in [5.41, 5.74) is 0.876. The minimum Gasteiger partial charge on any atom is -0.465 e. The zero-order chi connectivity index (χ0) is 15.9. The molecule has 0 spiro atoms. The molecule has 1 aromatic heterocycles. The van der Waals surface area contributed by atoms with Crippen LogP contribution in [0.4, 0.5) is 5.95 Å². The van der Waals surface area contributed by atoms with Crippen molar-refractivity contribution < 1.29 is 9.53 Å². The van der Waals surface area contributed by atoms with Crippen molar-refractivity contribution >= 4 is 41.5 Å². The summed E-state index contributed by atoms with van der Waals surface area (Å²) in [5.74, 6) is -0.0182. The van der Waals surface area contributed by atoms with Crippen molar-refractivity contribution in [2.24, 2.45) is 4.99 Å². The summed E-state index contributed by atoms with van der Waals surface area (Å²) in [6, 6.07) is 7.24. The highest BCUT2D eigenvalue weighted by Crippen LogP contribution is 2.16. The SMILES string of the molecule is CCOC(=O)Cn1nc(SC)nc1/N=C/c1ccc(Cl)cc1. The number of hydrogen-bond acceptors (Lipinski definition) is 6. The number of rotatable bonds is 6. The zero-order valence-electron chi connectivity index (χ0n) is 12.2. The highest BCUT2D eigenvalue weighted by molar-refractivity contribution is 7.98. The van der Waals surface area contributed by atoms with Crippen LogP contribution in [0.3, 0.4) is 0 Å². The van der Waals surface area contributed by atoms with Crippen LogP contribution >= 0.6 is 23.4 Å². The maximum Gasteiger partial charge on any atom is 0.327 e. The van der Waals surface area contributed by atoms with Crippen LogP contribution in [0.15, 0.2) is 34.4 Å². The first kappa shape index (κ1) is 16.5. The van der Waals surface area contributed by atoms with E-state index in [1.165, 1.54) is 16.4 Å². The average Bonchev–Trinajstić information content (AvgIpc) is 2.89. The molecule has 0 aliphatic rings. The Morgan fingerprint density at radius 1 is 1.45 bits per heavy atom. The van der Waals surface area contributed by atoms with Crippen LogP contribution in [0.5, 0.6) is 0 Å². The first-order valence-corrected chi connectivity index (χ1v) is 8.16. The Balaban J connectivity index is 2.19. The lowest BCUT2D eigenvalue weighted by atomic mass is 10.2. The van der Waals surface area contributed by atoms with E-state index in [9.17, 15) is 4.79 Å². The lowest BCUT2D eigenvalue weighted by Gasteiger charge is -2.02. The van der Waals surface area contributed by atoms with Gasteiger partial charge in [0.15, 0.2) is 0 Å². The van der Waals surface area contributed by atoms with Crippen molar-refractivity contribution in [2.45, 2.75) is 18.6 Å². The molecule has 2 aromatic rings. The van der Waals surface area contributed by atoms with Crippen molar-refractivity contribution in [3.63, 3.8) is 0 Å². The topological polar surface area (TPSA) is 69.4 Å². The fourth-order valence-electron chi connectivity index (χ4n) is 1.61. The molecule has 6 nitrogen and oxygen atoms in total. The van der Waals surface area contributed by atoms with Gasteiger partial charge in [-0.3, -0.25) is 4.79 Å². The maximum absolute atomic E-state index is 11.6. The molecular weight excluding hydrogens is 324 g/mol. The Kier molecular flexibility index (Phi) is 5.97. The van der Waals surface area contributed by atoms with Crippen molar-refractivity contribution in [2.75, 3.05) is 12.9 Å². The number of nitrogens with zero attached hydrogens (tertiary/aromatic N) is 4. The van der Waals surface area contributed by atoms with Gasteiger partial charge in [-0.2, -0.15) is 4.98 Å². The molecule has 0 amide bonds. The number of thioether (sulfide) groups is 1. The summed E-state index contributed by atoms with van der Waals surface area (Å²) < 4.78 is 6.35. The van der Waals surface area contributed by atoms with Crippen LogP contribution in [0.25, 0.3) is 0 Å². The smallest absolute Gasteiger partial charge is 0.327 e. The van der Waals surface area contributed by atoms with Gasteiger partial charge in [-0.05, 0) is 30.9 Å². The van der Waals surface area contributed by atoms with Gasteiger partial charge in [0, 0.05) is 11.2 Å². The van der Waals surface area contributed by atoms with E-state index in [4.69, 9.17) is 16.3 Å². The van der Waals surface area contributed by atoms with Gasteiger partial charge in [0.05, 0.1) is 6.61 Å². The Hall–Kier alpha value is -1.86. The Labute approximate surface area is 137 Å². The molecule has 8 heteroatoms. The molecule has 0 radical (unpaired) electrons. The fourth-order valence-corrected chi connectivity index (χ4v) is 2.09. The molecule has 0 atom stereocenters. The summed E-state index contributed by atoms with van der Waals surface area (Å²) in [5, 5.41) is 5.42. The molecule has 0 aliphatic heterocycles. The number of aromatic nitrogens is 3. The normalized spacial score (nSPS) is 11.0. The number of carbonyl (C=O) groups excluding carboxylic acids is 1. The van der Waals surface area contributed by atoms with Crippen LogP contribution in [-0.2, 0) is 16.1 Å². The largest absolute Gasteiger partial charge is 0.465 e. The number of aliphatic imine (C=N–C) groups is 1. The molecular formula is C14H15ClN4O2S. The molecule has 0 bridgehead atoms. The number of carbonyl (C=O) groups is 1. The third-order valence-corrected chi connectivity index (χ3v) is 3.39. The highest BCUT2D eigenvalue weighted by Gasteiger charge is 2.12. The minimum absolute atomic E-state index is 0.0192. The monoisotopic (exact) mass is 338 g/mol. The molecule has 0 saturated heterocycles. The zero-order valence-corrected chi connectivity index (χ0v) is 13.8. The third-order valence-electron chi connectivity index (χ3n) is 2.60. The predicted octanol–water partition coefficient (Wildman–Crippen LogP) is 2.97. The van der Waals surface area contributed by atoms with Gasteiger partial charge in [-0.1, -0.05) is 35.5 Å². The van der Waals surface area contributed by atoms with Gasteiger partial charge in [0.2, 0.25) is 11.1 Å². The molecule has 0 N–H and O–H groups in total. The van der Waals surface area contributed by atoms with E-state index >= 15 is 0 Å². The lowest BCUT2D eigenvalue weighted by molar-refractivity contribution is -0.144. The maximum atomic E-state index is 11.6. The predicted molar refractivity (Wildman–Crippen MR) is 87.1 cm³/mol. The van der Waals surface area contributed by atoms with E-state index in [1.54, 1.807) is 25.3 Å². The van der Waals surface area contributed by atoms with E-state index in [2.05, 4.69) is 15.1 Å². The summed E-state index contributed by atoms with van der Waals surface area (Å²) in [4.78, 5) is 20.1. The van der Waals surface area contributed by atoms with E-state index in [0.29, 0.717) is 22.7 Å². The molecule has 22 heavy (non-hydrogen) atoms. The first-order chi connectivity index (χ1) is 10.6. The van der Waals surface area contributed by atoms with Crippen molar-refractivity contribution in [1.82, 2.24) is 14.8 Å². The molecule has 0 saturated carbocycles. The first-order valence-electron chi connectivity index (χ1n) is 6.56. The van der Waals surface area contributed by atoms with E-state index in [1.807, 2.05) is 18.4 Å². The molecule has 116 valence electrons. The van der Waals surface area contributed by atoms with Gasteiger partial charge in [-0.15, -0.1) is 5.10 Å². The number of hydrogen-bond donors (Lipinski definition) is 0. The van der Waals surface area contributed by atoms with E-state index in [-0.39, 0.29) is 12.5 Å². The molecule has 2 rings (SSSR count). The number of benzene rings is 1. The Morgan fingerprint density at radius 2 is 2.18 bits per heavy atom. The number of halogens is 1. The summed E-state index contributed by atoms with van der Waals surface area (Å²) in [7, 11) is 0. The van der Waals surface area contributed by atoms with Crippen molar-refractivity contribution in [3.05, 3.63) is 34.9 Å². The Bertz CT molecular complexity index is 670. The van der Waals surface area contributed by atoms with Gasteiger partial charge in [0.1, 0.15) is 6.54 Å². The van der Waals surface area contributed by atoms with E-state index < -0.39 is 0 Å². The average molecular weight is 339 g/mol. The fraction of sp³-hybridized carbons (Fsp3) is 0.286. The Morgan fingerprint density at radius 3 is 2.82 bits per heavy atom. The van der Waals surface area contributed by atoms with Crippen LogP contribution in [0.2, 0.25) is 5.02 Å². The van der Waals surface area contributed by atoms with Gasteiger partial charge < -0.3 is 4.74 Å². The van der Waals surface area contributed by atoms with Gasteiger partial charge >= 0.3 is 5.97 Å². The highest BCUT2D eigenvalue weighted by atomic mass is 35.5. The second kappa shape index (κ2) is 7.95. The van der Waals surface area contributed by atoms with E-state index in [0.717, 1.165) is 5.56 Å². The number of ether oxygens (including phenoxy) is 1. The summed E-state index contributed by atoms with van der Waals surface area (Å²) in [6.07, 6.45) is 3.50. The molecule has 0 fully saturated rings. The minimum atomic E-state index is -0.372. The molecule has 0 aliphatic carbocycles. The van der Waals surface area contributed by atoms with Gasteiger partial charge in [-0.25, -0.2) is 9.67 Å². The molecule has 0 unspecified atom stereocenters. The lowest BCUT2D eigenvalue weighted by Crippen LogP contribution is -2.14. The third kappa shape index (κ3) is 4.57. The van der Waals surface area contributed by atoms with Crippen LogP contribution < -0.4 is 0 Å². The van der Waals surface area contributed by atoms with Crippen LogP contribution in [-0.4, -0.2) is 39.8 Å². The molecule has 1 heterocycles. The van der Waals surface area contributed by atoms with Crippen LogP contribution in [0.1, 0.15) is 12.5 Å².